The van der Waals surface area contributed by atoms with Crippen molar-refractivity contribution in [2.45, 2.75) is 30.5 Å². The molecule has 0 heterocycles. The van der Waals surface area contributed by atoms with Crippen LogP contribution in [0.5, 0.6) is 0 Å². The molecule has 0 radical (unpaired) electrons. The summed E-state index contributed by atoms with van der Waals surface area (Å²) < 4.78 is 0. The fourth-order valence-electron chi connectivity index (χ4n) is 0.752. The fraction of sp³-hybridized carbons (Fsp3) is 0.857. The van der Waals surface area contributed by atoms with E-state index >= 15 is 0 Å². The summed E-state index contributed by atoms with van der Waals surface area (Å²) in [5.41, 5.74) is 0. The van der Waals surface area contributed by atoms with Gasteiger partial charge in [-0.2, -0.15) is 0 Å². The Bertz CT molecular complexity index is 117. The van der Waals surface area contributed by atoms with Gasteiger partial charge in [-0.3, -0.25) is 4.79 Å². The zero-order valence-corrected chi connectivity index (χ0v) is 9.40. The second kappa shape index (κ2) is 7.10. The molecule has 11 heavy (non-hydrogen) atoms. The predicted octanol–water partition coefficient (Wildman–Crippen LogP) is 2.79. The van der Waals surface area contributed by atoms with E-state index in [-0.39, 0.29) is 11.2 Å². The highest BCUT2D eigenvalue weighted by Gasteiger charge is 2.07. The minimum Gasteiger partial charge on any atom is -0.481 e. The van der Waals surface area contributed by atoms with Gasteiger partial charge >= 0.3 is 5.97 Å². The van der Waals surface area contributed by atoms with Crippen molar-refractivity contribution in [1.82, 2.24) is 0 Å². The molecule has 0 aromatic carbocycles. The van der Waals surface area contributed by atoms with Crippen LogP contribution in [-0.2, 0) is 4.79 Å². The van der Waals surface area contributed by atoms with E-state index in [9.17, 15) is 4.79 Å². The number of unbranched alkanes of at least 4 members (excludes halogenated alkanes) is 1. The summed E-state index contributed by atoms with van der Waals surface area (Å²) in [7, 11) is 0. The molecular formula is C7H12Br2O2. The van der Waals surface area contributed by atoms with E-state index in [0.717, 1.165) is 24.6 Å². The first-order valence-corrected chi connectivity index (χ1v) is 5.62. The summed E-state index contributed by atoms with van der Waals surface area (Å²) in [5, 5.41) is 9.40. The van der Waals surface area contributed by atoms with Gasteiger partial charge in [-0.15, -0.1) is 0 Å². The molecule has 1 atom stereocenters. The third-order valence-corrected chi connectivity index (χ3v) is 2.64. The maximum Gasteiger partial charge on any atom is 0.304 e. The molecule has 1 unspecified atom stereocenters. The molecular weight excluding hydrogens is 276 g/mol. The predicted molar refractivity (Wildman–Crippen MR) is 52.6 cm³/mol. The third-order valence-electron chi connectivity index (χ3n) is 1.30. The van der Waals surface area contributed by atoms with E-state index < -0.39 is 5.97 Å². The quantitative estimate of drug-likeness (QED) is 0.602. The van der Waals surface area contributed by atoms with Crippen LogP contribution in [0.1, 0.15) is 25.7 Å². The number of alkyl halides is 2. The Balaban J connectivity index is 3.22. The lowest BCUT2D eigenvalue weighted by Gasteiger charge is -2.04. The summed E-state index contributed by atoms with van der Waals surface area (Å²) >= 11 is 6.63. The molecule has 0 amide bonds. The second-order valence-electron chi connectivity index (χ2n) is 2.38. The van der Waals surface area contributed by atoms with Gasteiger partial charge in [0.15, 0.2) is 0 Å². The molecule has 1 N–H and O–H groups in total. The number of carbonyl (C=O) groups is 1. The Morgan fingerprint density at radius 3 is 2.55 bits per heavy atom. The van der Waals surface area contributed by atoms with Gasteiger partial charge in [0.1, 0.15) is 0 Å². The first-order chi connectivity index (χ1) is 5.16. The van der Waals surface area contributed by atoms with Crippen LogP contribution >= 0.6 is 31.9 Å². The van der Waals surface area contributed by atoms with Crippen LogP contribution in [0.25, 0.3) is 0 Å². The Labute approximate surface area is 83.6 Å². The highest BCUT2D eigenvalue weighted by Crippen LogP contribution is 2.13. The highest BCUT2D eigenvalue weighted by atomic mass is 79.9. The minimum atomic E-state index is -0.731. The number of hydrogen-bond donors (Lipinski definition) is 1. The SMILES string of the molecule is O=C(O)CC(Br)CCCCBr. The molecule has 0 spiro atoms. The molecule has 2 nitrogen and oxygen atoms in total. The number of carboxylic acid groups (broad SMARTS) is 1. The van der Waals surface area contributed by atoms with Crippen molar-refractivity contribution in [2.75, 3.05) is 5.33 Å². The van der Waals surface area contributed by atoms with E-state index in [1.54, 1.807) is 0 Å². The summed E-state index contributed by atoms with van der Waals surface area (Å²) in [6.45, 7) is 0. The summed E-state index contributed by atoms with van der Waals surface area (Å²) in [5.74, 6) is -0.731. The molecule has 0 fully saturated rings. The summed E-state index contributed by atoms with van der Waals surface area (Å²) in [6, 6.07) is 0. The largest absolute Gasteiger partial charge is 0.481 e. The Morgan fingerprint density at radius 2 is 2.09 bits per heavy atom. The Kier molecular flexibility index (Phi) is 7.38. The molecule has 0 aromatic heterocycles. The lowest BCUT2D eigenvalue weighted by Crippen LogP contribution is -2.06. The Hall–Kier alpha value is 0.430. The molecule has 0 bridgehead atoms. The van der Waals surface area contributed by atoms with Gasteiger partial charge in [0.2, 0.25) is 0 Å². The smallest absolute Gasteiger partial charge is 0.304 e. The fourth-order valence-corrected chi connectivity index (χ4v) is 1.75. The van der Waals surface area contributed by atoms with Crippen LogP contribution in [-0.4, -0.2) is 21.2 Å². The van der Waals surface area contributed by atoms with Crippen LogP contribution in [0, 0.1) is 0 Å². The van der Waals surface area contributed by atoms with E-state index in [0.29, 0.717) is 0 Å². The topological polar surface area (TPSA) is 37.3 Å². The number of carboxylic acids is 1. The van der Waals surface area contributed by atoms with Crippen LogP contribution in [0.4, 0.5) is 0 Å². The van der Waals surface area contributed by atoms with Gasteiger partial charge in [-0.05, 0) is 12.8 Å². The molecule has 0 saturated carbocycles. The zero-order chi connectivity index (χ0) is 8.69. The van der Waals surface area contributed by atoms with Gasteiger partial charge in [0.25, 0.3) is 0 Å². The third kappa shape index (κ3) is 8.34. The van der Waals surface area contributed by atoms with Crippen LogP contribution in [0.3, 0.4) is 0 Å². The summed E-state index contributed by atoms with van der Waals surface area (Å²) in [4.78, 5) is 10.3. The van der Waals surface area contributed by atoms with Gasteiger partial charge in [-0.1, -0.05) is 38.3 Å². The van der Waals surface area contributed by atoms with Crippen molar-refractivity contribution in [2.24, 2.45) is 0 Å². The van der Waals surface area contributed by atoms with Crippen molar-refractivity contribution in [1.29, 1.82) is 0 Å². The first-order valence-electron chi connectivity index (χ1n) is 3.58. The van der Waals surface area contributed by atoms with E-state index in [4.69, 9.17) is 5.11 Å². The summed E-state index contributed by atoms with van der Waals surface area (Å²) in [6.07, 6.45) is 3.36. The van der Waals surface area contributed by atoms with E-state index in [2.05, 4.69) is 31.9 Å². The normalized spacial score (nSPS) is 12.9. The first kappa shape index (κ1) is 11.4. The molecule has 66 valence electrons. The number of aliphatic carboxylic acids is 1. The maximum atomic E-state index is 10.2. The Morgan fingerprint density at radius 1 is 1.45 bits per heavy atom. The van der Waals surface area contributed by atoms with Crippen LogP contribution in [0.15, 0.2) is 0 Å². The minimum absolute atomic E-state index is 0.138. The monoisotopic (exact) mass is 286 g/mol. The van der Waals surface area contributed by atoms with E-state index in [1.165, 1.54) is 0 Å². The number of rotatable bonds is 6. The maximum absolute atomic E-state index is 10.2. The lowest BCUT2D eigenvalue weighted by atomic mass is 10.1. The standard InChI is InChI=1S/C7H12Br2O2/c8-4-2-1-3-6(9)5-7(10)11/h6H,1-5H2,(H,10,11). The highest BCUT2D eigenvalue weighted by molar-refractivity contribution is 9.09. The van der Waals surface area contributed by atoms with Gasteiger partial charge < -0.3 is 5.11 Å². The van der Waals surface area contributed by atoms with Gasteiger partial charge in [-0.25, -0.2) is 0 Å². The molecule has 0 rings (SSSR count). The lowest BCUT2D eigenvalue weighted by molar-refractivity contribution is -0.136. The molecule has 4 heteroatoms. The second-order valence-corrected chi connectivity index (χ2v) is 4.47. The van der Waals surface area contributed by atoms with Crippen molar-refractivity contribution < 1.29 is 9.90 Å². The van der Waals surface area contributed by atoms with Crippen molar-refractivity contribution in [3.8, 4) is 0 Å². The number of halogens is 2. The molecule has 0 aliphatic heterocycles. The van der Waals surface area contributed by atoms with Crippen molar-refractivity contribution in [3.63, 3.8) is 0 Å². The van der Waals surface area contributed by atoms with Crippen molar-refractivity contribution in [3.05, 3.63) is 0 Å². The molecule has 0 aromatic rings. The van der Waals surface area contributed by atoms with Gasteiger partial charge in [0, 0.05) is 10.2 Å². The molecule has 0 saturated heterocycles. The zero-order valence-electron chi connectivity index (χ0n) is 6.22. The van der Waals surface area contributed by atoms with Crippen molar-refractivity contribution >= 4 is 37.8 Å². The van der Waals surface area contributed by atoms with E-state index in [1.807, 2.05) is 0 Å². The van der Waals surface area contributed by atoms with Gasteiger partial charge in [0.05, 0.1) is 6.42 Å². The molecule has 0 aliphatic carbocycles. The average molecular weight is 288 g/mol. The van der Waals surface area contributed by atoms with Crippen LogP contribution in [0.2, 0.25) is 0 Å². The molecule has 0 aliphatic rings. The number of hydrogen-bond acceptors (Lipinski definition) is 1. The average Bonchev–Trinajstić information content (AvgIpc) is 1.86. The van der Waals surface area contributed by atoms with Crippen LogP contribution < -0.4 is 0 Å².